The molecular weight excluding hydrogens is 225 g/mol. The summed E-state index contributed by atoms with van der Waals surface area (Å²) in [6.07, 6.45) is -2.93. The molecule has 7 heteroatoms. The number of rotatable bonds is 5. The van der Waals surface area contributed by atoms with E-state index in [0.717, 1.165) is 6.20 Å². The average molecular weight is 234 g/mol. The van der Waals surface area contributed by atoms with Crippen molar-refractivity contribution in [1.29, 1.82) is 0 Å². The van der Waals surface area contributed by atoms with Crippen molar-refractivity contribution >= 4 is 6.04 Å². The Morgan fingerprint density at radius 1 is 1.50 bits per heavy atom. The Balaban J connectivity index is 2.87. The van der Waals surface area contributed by atoms with Crippen LogP contribution in [0, 0.1) is 0 Å². The Kier molecular flexibility index (Phi) is 4.39. The quantitative estimate of drug-likeness (QED) is 0.595. The number of nitrogens with zero attached hydrogens (tertiary/aromatic N) is 1. The van der Waals surface area contributed by atoms with E-state index >= 15 is 0 Å². The molecule has 16 heavy (non-hydrogen) atoms. The fourth-order valence-corrected chi connectivity index (χ4v) is 1.18. The molecule has 1 heterocycles. The van der Waals surface area contributed by atoms with Crippen molar-refractivity contribution in [2.45, 2.75) is 18.4 Å². The van der Waals surface area contributed by atoms with Crippen LogP contribution in [0.2, 0.25) is 0 Å². The number of halogens is 3. The summed E-state index contributed by atoms with van der Waals surface area (Å²) in [7, 11) is 0. The van der Waals surface area contributed by atoms with Crippen molar-refractivity contribution in [3.05, 3.63) is 30.1 Å². The molecule has 4 nitrogen and oxygen atoms in total. The first-order chi connectivity index (χ1) is 7.57. The van der Waals surface area contributed by atoms with Gasteiger partial charge in [0.25, 0.3) is 0 Å². The van der Waals surface area contributed by atoms with Gasteiger partial charge in [-0.1, -0.05) is 6.07 Å². The molecule has 0 saturated carbocycles. The number of hydroxylamine groups is 1. The lowest BCUT2D eigenvalue weighted by molar-refractivity contribution is -0.138. The standard InChI is InChI=1S/C9H9F3N2O2/c10-6(7(11)9(12)15)8(14-16)5-2-1-3-13-4-5/h1-4,6-8,14,16H. The van der Waals surface area contributed by atoms with Gasteiger partial charge in [-0.05, 0) is 11.6 Å². The molecule has 1 aromatic rings. The minimum absolute atomic E-state index is 0.0985. The lowest BCUT2D eigenvalue weighted by Crippen LogP contribution is -2.36. The van der Waals surface area contributed by atoms with Crippen molar-refractivity contribution in [3.63, 3.8) is 0 Å². The van der Waals surface area contributed by atoms with Gasteiger partial charge in [0.05, 0.1) is 6.04 Å². The highest BCUT2D eigenvalue weighted by Crippen LogP contribution is 2.23. The van der Waals surface area contributed by atoms with Gasteiger partial charge < -0.3 is 5.21 Å². The van der Waals surface area contributed by atoms with Gasteiger partial charge in [0.15, 0.2) is 6.17 Å². The van der Waals surface area contributed by atoms with Crippen molar-refractivity contribution in [2.24, 2.45) is 0 Å². The number of nitrogens with one attached hydrogen (secondary N) is 1. The lowest BCUT2D eigenvalue weighted by atomic mass is 10.0. The van der Waals surface area contributed by atoms with Gasteiger partial charge >= 0.3 is 6.04 Å². The molecule has 3 unspecified atom stereocenters. The van der Waals surface area contributed by atoms with E-state index in [1.54, 1.807) is 0 Å². The maximum atomic E-state index is 13.3. The molecule has 0 fully saturated rings. The van der Waals surface area contributed by atoms with Crippen molar-refractivity contribution < 1.29 is 23.2 Å². The fraction of sp³-hybridized carbons (Fsp3) is 0.333. The minimum atomic E-state index is -2.94. The van der Waals surface area contributed by atoms with Crippen LogP contribution in [0.5, 0.6) is 0 Å². The van der Waals surface area contributed by atoms with Gasteiger partial charge in [-0.2, -0.15) is 9.87 Å². The number of hydrogen-bond acceptors (Lipinski definition) is 4. The number of carbonyl (C=O) groups excluding carboxylic acids is 1. The van der Waals surface area contributed by atoms with Crippen LogP contribution in [-0.4, -0.2) is 28.6 Å². The zero-order valence-electron chi connectivity index (χ0n) is 7.98. The molecule has 0 aliphatic carbocycles. The zero-order valence-corrected chi connectivity index (χ0v) is 7.98. The van der Waals surface area contributed by atoms with Crippen LogP contribution < -0.4 is 5.48 Å². The molecule has 0 bridgehead atoms. The first kappa shape index (κ1) is 12.6. The van der Waals surface area contributed by atoms with Crippen LogP contribution in [0.3, 0.4) is 0 Å². The second kappa shape index (κ2) is 5.57. The summed E-state index contributed by atoms with van der Waals surface area (Å²) in [5.74, 6) is 0. The van der Waals surface area contributed by atoms with Gasteiger partial charge in [-0.15, -0.1) is 0 Å². The van der Waals surface area contributed by atoms with Gasteiger partial charge in [0.2, 0.25) is 6.17 Å². The second-order valence-corrected chi connectivity index (χ2v) is 3.04. The Hall–Kier alpha value is -1.47. The maximum Gasteiger partial charge on any atom is 0.338 e. The maximum absolute atomic E-state index is 13.3. The summed E-state index contributed by atoms with van der Waals surface area (Å²) in [6, 6.07) is -1.19. The van der Waals surface area contributed by atoms with Crippen LogP contribution in [0.4, 0.5) is 13.2 Å². The molecule has 0 aromatic carbocycles. The summed E-state index contributed by atoms with van der Waals surface area (Å²) >= 11 is 0. The van der Waals surface area contributed by atoms with Gasteiger partial charge in [-0.25, -0.2) is 8.78 Å². The summed E-state index contributed by atoms with van der Waals surface area (Å²) in [5, 5.41) is 8.66. The van der Waals surface area contributed by atoms with E-state index in [0.29, 0.717) is 0 Å². The summed E-state index contributed by atoms with van der Waals surface area (Å²) in [6.45, 7) is 0. The first-order valence-corrected chi connectivity index (χ1v) is 4.35. The predicted molar refractivity (Wildman–Crippen MR) is 47.8 cm³/mol. The third-order valence-corrected chi connectivity index (χ3v) is 2.00. The van der Waals surface area contributed by atoms with Crippen molar-refractivity contribution in [1.82, 2.24) is 10.5 Å². The normalized spacial score (nSPS) is 16.5. The third-order valence-electron chi connectivity index (χ3n) is 2.00. The molecule has 3 atom stereocenters. The highest BCUT2D eigenvalue weighted by atomic mass is 19.2. The fourth-order valence-electron chi connectivity index (χ4n) is 1.18. The Bertz CT molecular complexity index is 350. The van der Waals surface area contributed by atoms with Crippen molar-refractivity contribution in [3.8, 4) is 0 Å². The van der Waals surface area contributed by atoms with Crippen LogP contribution in [-0.2, 0) is 4.79 Å². The smallest absolute Gasteiger partial charge is 0.316 e. The molecule has 0 aliphatic rings. The van der Waals surface area contributed by atoms with E-state index < -0.39 is 24.4 Å². The molecule has 2 N–H and O–H groups in total. The topological polar surface area (TPSA) is 62.2 Å². The van der Waals surface area contributed by atoms with E-state index in [1.807, 2.05) is 0 Å². The van der Waals surface area contributed by atoms with Crippen LogP contribution in [0.1, 0.15) is 11.6 Å². The molecule has 0 amide bonds. The molecular formula is C9H9F3N2O2. The first-order valence-electron chi connectivity index (χ1n) is 4.35. The molecule has 1 aromatic heterocycles. The highest BCUT2D eigenvalue weighted by molar-refractivity contribution is 5.74. The van der Waals surface area contributed by atoms with Crippen LogP contribution in [0.25, 0.3) is 0 Å². The minimum Gasteiger partial charge on any atom is -0.316 e. The molecule has 0 aliphatic heterocycles. The van der Waals surface area contributed by atoms with E-state index in [-0.39, 0.29) is 5.56 Å². The van der Waals surface area contributed by atoms with E-state index in [1.165, 1.54) is 23.8 Å². The zero-order chi connectivity index (χ0) is 12.1. The lowest BCUT2D eigenvalue weighted by Gasteiger charge is -2.20. The largest absolute Gasteiger partial charge is 0.338 e. The van der Waals surface area contributed by atoms with Gasteiger partial charge in [0.1, 0.15) is 0 Å². The third kappa shape index (κ3) is 2.77. The Morgan fingerprint density at radius 3 is 2.62 bits per heavy atom. The van der Waals surface area contributed by atoms with Crippen molar-refractivity contribution in [2.75, 3.05) is 0 Å². The average Bonchev–Trinajstić information content (AvgIpc) is 2.30. The van der Waals surface area contributed by atoms with Gasteiger partial charge in [-0.3, -0.25) is 9.78 Å². The molecule has 0 saturated heterocycles. The molecule has 0 spiro atoms. The second-order valence-electron chi connectivity index (χ2n) is 3.04. The monoisotopic (exact) mass is 234 g/mol. The number of alkyl halides is 2. The molecule has 88 valence electrons. The Labute approximate surface area is 89.1 Å². The SMILES string of the molecule is O=C(F)C(F)C(F)C(NO)c1cccnc1. The predicted octanol–water partition coefficient (Wildman–Crippen LogP) is 1.27. The molecule has 1 rings (SSSR count). The Morgan fingerprint density at radius 2 is 2.19 bits per heavy atom. The molecule has 0 radical (unpaired) electrons. The van der Waals surface area contributed by atoms with Crippen LogP contribution in [0.15, 0.2) is 24.5 Å². The number of carbonyl (C=O) groups is 1. The van der Waals surface area contributed by atoms with E-state index in [4.69, 9.17) is 5.21 Å². The van der Waals surface area contributed by atoms with E-state index in [2.05, 4.69) is 4.98 Å². The van der Waals surface area contributed by atoms with E-state index in [9.17, 15) is 18.0 Å². The van der Waals surface area contributed by atoms with Crippen LogP contribution >= 0.6 is 0 Å². The number of hydrogen-bond donors (Lipinski definition) is 2. The summed E-state index contributed by atoms with van der Waals surface area (Å²) in [5.41, 5.74) is 1.58. The summed E-state index contributed by atoms with van der Waals surface area (Å²) < 4.78 is 38.1. The highest BCUT2D eigenvalue weighted by Gasteiger charge is 2.35. The number of aromatic nitrogens is 1. The number of pyridine rings is 1. The van der Waals surface area contributed by atoms with Gasteiger partial charge in [0, 0.05) is 12.4 Å². The summed E-state index contributed by atoms with van der Waals surface area (Å²) in [4.78, 5) is 13.7.